The smallest absolute Gasteiger partial charge is 0.120 e. The van der Waals surface area contributed by atoms with Gasteiger partial charge in [-0.3, -0.25) is 0 Å². The largest absolute Gasteiger partial charge is 0.508 e. The van der Waals surface area contributed by atoms with Crippen LogP contribution in [0.2, 0.25) is 0 Å². The molecule has 0 aromatic heterocycles. The van der Waals surface area contributed by atoms with Gasteiger partial charge in [-0.05, 0) is 37.0 Å². The Kier molecular flexibility index (Phi) is 5.43. The molecule has 1 rings (SSSR count). The molecule has 0 aliphatic heterocycles. The van der Waals surface area contributed by atoms with Crippen molar-refractivity contribution >= 4 is 15.9 Å². The summed E-state index contributed by atoms with van der Waals surface area (Å²) in [6, 6.07) is 4.52. The Morgan fingerprint density at radius 2 is 1.94 bits per heavy atom. The van der Waals surface area contributed by atoms with Crippen molar-refractivity contribution in [2.75, 3.05) is 0 Å². The second-order valence-electron chi connectivity index (χ2n) is 4.77. The molecule has 0 bridgehead atoms. The van der Waals surface area contributed by atoms with Crippen molar-refractivity contribution in [1.29, 1.82) is 0 Å². The molecule has 3 nitrogen and oxygen atoms in total. The van der Waals surface area contributed by atoms with E-state index in [0.29, 0.717) is 17.9 Å². The molecule has 1 aromatic carbocycles. The molecule has 0 aliphatic carbocycles. The molecule has 17 heavy (non-hydrogen) atoms. The first kappa shape index (κ1) is 14.5. The van der Waals surface area contributed by atoms with Crippen LogP contribution in [0.5, 0.6) is 5.75 Å². The van der Waals surface area contributed by atoms with E-state index >= 15 is 0 Å². The Hall–Kier alpha value is -0.580. The predicted octanol–water partition coefficient (Wildman–Crippen LogP) is 2.95. The highest BCUT2D eigenvalue weighted by molar-refractivity contribution is 9.10. The quantitative estimate of drug-likeness (QED) is 0.783. The number of aliphatic hydroxyl groups excluding tert-OH is 1. The van der Waals surface area contributed by atoms with Crippen molar-refractivity contribution in [3.05, 3.63) is 28.2 Å². The molecule has 0 aliphatic rings. The maximum absolute atomic E-state index is 9.98. The zero-order chi connectivity index (χ0) is 13.0. The normalized spacial score (nSPS) is 14.9. The van der Waals surface area contributed by atoms with E-state index in [1.807, 2.05) is 0 Å². The SMILES string of the molecule is CC(C)CC[C@@H](O)[C@@H](N)c1cc(Br)ccc1O. The van der Waals surface area contributed by atoms with Gasteiger partial charge in [-0.15, -0.1) is 0 Å². The minimum Gasteiger partial charge on any atom is -0.508 e. The summed E-state index contributed by atoms with van der Waals surface area (Å²) in [6.45, 7) is 4.21. The highest BCUT2D eigenvalue weighted by atomic mass is 79.9. The monoisotopic (exact) mass is 301 g/mol. The van der Waals surface area contributed by atoms with E-state index in [4.69, 9.17) is 5.73 Å². The zero-order valence-electron chi connectivity index (χ0n) is 10.2. The van der Waals surface area contributed by atoms with Crippen LogP contribution < -0.4 is 5.73 Å². The number of hydrogen-bond donors (Lipinski definition) is 3. The third kappa shape index (κ3) is 4.30. The van der Waals surface area contributed by atoms with E-state index in [9.17, 15) is 10.2 Å². The van der Waals surface area contributed by atoms with Crippen molar-refractivity contribution in [2.45, 2.75) is 38.8 Å². The Morgan fingerprint density at radius 3 is 2.53 bits per heavy atom. The molecular formula is C13H20BrNO2. The van der Waals surface area contributed by atoms with Gasteiger partial charge in [-0.1, -0.05) is 29.8 Å². The third-order valence-electron chi connectivity index (χ3n) is 2.80. The summed E-state index contributed by atoms with van der Waals surface area (Å²) in [7, 11) is 0. The number of aliphatic hydroxyl groups is 1. The Bertz CT molecular complexity index is 368. The minimum atomic E-state index is -0.627. The summed E-state index contributed by atoms with van der Waals surface area (Å²) >= 11 is 3.33. The molecule has 1 aromatic rings. The summed E-state index contributed by atoms with van der Waals surface area (Å²) in [5.74, 6) is 0.664. The van der Waals surface area contributed by atoms with Gasteiger partial charge in [0.25, 0.3) is 0 Å². The molecule has 2 atom stereocenters. The Labute approximate surface area is 111 Å². The van der Waals surface area contributed by atoms with Crippen LogP contribution in [-0.2, 0) is 0 Å². The van der Waals surface area contributed by atoms with E-state index in [2.05, 4.69) is 29.8 Å². The van der Waals surface area contributed by atoms with E-state index in [-0.39, 0.29) is 5.75 Å². The second-order valence-corrected chi connectivity index (χ2v) is 5.68. The molecule has 0 unspecified atom stereocenters. The van der Waals surface area contributed by atoms with Gasteiger partial charge in [0.05, 0.1) is 12.1 Å². The minimum absolute atomic E-state index is 0.129. The van der Waals surface area contributed by atoms with Crippen molar-refractivity contribution < 1.29 is 10.2 Å². The molecule has 0 heterocycles. The molecule has 0 saturated heterocycles. The van der Waals surface area contributed by atoms with E-state index in [0.717, 1.165) is 10.9 Å². The first-order chi connectivity index (χ1) is 7.91. The first-order valence-electron chi connectivity index (χ1n) is 5.84. The van der Waals surface area contributed by atoms with Crippen LogP contribution in [0.25, 0.3) is 0 Å². The molecule has 0 radical (unpaired) electrons. The fraction of sp³-hybridized carbons (Fsp3) is 0.538. The van der Waals surface area contributed by atoms with Gasteiger partial charge in [-0.2, -0.15) is 0 Å². The number of phenolic OH excluding ortho intramolecular Hbond substituents is 1. The van der Waals surface area contributed by atoms with Crippen LogP contribution in [0.15, 0.2) is 22.7 Å². The number of hydrogen-bond acceptors (Lipinski definition) is 3. The molecular weight excluding hydrogens is 282 g/mol. The van der Waals surface area contributed by atoms with Gasteiger partial charge in [0.2, 0.25) is 0 Å². The van der Waals surface area contributed by atoms with E-state index < -0.39 is 12.1 Å². The zero-order valence-corrected chi connectivity index (χ0v) is 11.8. The van der Waals surface area contributed by atoms with E-state index in [1.54, 1.807) is 18.2 Å². The number of rotatable bonds is 5. The lowest BCUT2D eigenvalue weighted by molar-refractivity contribution is 0.127. The summed E-state index contributed by atoms with van der Waals surface area (Å²) in [6.07, 6.45) is 0.937. The van der Waals surface area contributed by atoms with Gasteiger partial charge < -0.3 is 15.9 Å². The topological polar surface area (TPSA) is 66.5 Å². The average molecular weight is 302 g/mol. The molecule has 0 saturated carbocycles. The number of nitrogens with two attached hydrogens (primary N) is 1. The fourth-order valence-corrected chi connectivity index (χ4v) is 2.06. The lowest BCUT2D eigenvalue weighted by Gasteiger charge is -2.21. The van der Waals surface area contributed by atoms with Gasteiger partial charge >= 0.3 is 0 Å². The van der Waals surface area contributed by atoms with Crippen LogP contribution in [0.1, 0.15) is 38.3 Å². The lowest BCUT2D eigenvalue weighted by Crippen LogP contribution is -2.26. The molecule has 0 spiro atoms. The number of benzene rings is 1. The summed E-state index contributed by atoms with van der Waals surface area (Å²) in [4.78, 5) is 0. The summed E-state index contributed by atoms with van der Waals surface area (Å²) in [5.41, 5.74) is 6.54. The maximum Gasteiger partial charge on any atom is 0.120 e. The van der Waals surface area contributed by atoms with Crippen LogP contribution >= 0.6 is 15.9 Å². The van der Waals surface area contributed by atoms with Crippen LogP contribution in [-0.4, -0.2) is 16.3 Å². The van der Waals surface area contributed by atoms with Crippen LogP contribution in [0, 0.1) is 5.92 Å². The molecule has 4 heteroatoms. The molecule has 4 N–H and O–H groups in total. The second kappa shape index (κ2) is 6.38. The predicted molar refractivity (Wildman–Crippen MR) is 72.8 cm³/mol. The van der Waals surface area contributed by atoms with E-state index in [1.165, 1.54) is 0 Å². The standard InChI is InChI=1S/C13H20BrNO2/c1-8(2)3-5-12(17)13(15)10-7-9(14)4-6-11(10)16/h4,6-8,12-13,16-17H,3,5,15H2,1-2H3/t12-,13+/m1/s1. The fourth-order valence-electron chi connectivity index (χ4n) is 1.68. The number of aromatic hydroxyl groups is 1. The van der Waals surface area contributed by atoms with Crippen molar-refractivity contribution in [2.24, 2.45) is 11.7 Å². The average Bonchev–Trinajstić information content (AvgIpc) is 2.28. The van der Waals surface area contributed by atoms with Gasteiger partial charge in [0, 0.05) is 10.0 Å². The lowest BCUT2D eigenvalue weighted by atomic mass is 9.95. The molecule has 0 amide bonds. The first-order valence-corrected chi connectivity index (χ1v) is 6.63. The van der Waals surface area contributed by atoms with Gasteiger partial charge in [0.1, 0.15) is 5.75 Å². The number of phenols is 1. The van der Waals surface area contributed by atoms with Crippen LogP contribution in [0.3, 0.4) is 0 Å². The van der Waals surface area contributed by atoms with Crippen molar-refractivity contribution in [3.8, 4) is 5.75 Å². The number of halogens is 1. The molecule has 96 valence electrons. The van der Waals surface area contributed by atoms with Gasteiger partial charge in [0.15, 0.2) is 0 Å². The Balaban J connectivity index is 2.74. The maximum atomic E-state index is 9.98. The summed E-state index contributed by atoms with van der Waals surface area (Å²) in [5, 5.41) is 19.7. The third-order valence-corrected chi connectivity index (χ3v) is 3.30. The van der Waals surface area contributed by atoms with Crippen molar-refractivity contribution in [3.63, 3.8) is 0 Å². The summed E-state index contributed by atoms with van der Waals surface area (Å²) < 4.78 is 0.844. The Morgan fingerprint density at radius 1 is 1.29 bits per heavy atom. The van der Waals surface area contributed by atoms with Crippen molar-refractivity contribution in [1.82, 2.24) is 0 Å². The molecule has 0 fully saturated rings. The highest BCUT2D eigenvalue weighted by Gasteiger charge is 2.20. The highest BCUT2D eigenvalue weighted by Crippen LogP contribution is 2.29. The van der Waals surface area contributed by atoms with Crippen LogP contribution in [0.4, 0.5) is 0 Å². The van der Waals surface area contributed by atoms with Gasteiger partial charge in [-0.25, -0.2) is 0 Å².